The quantitative estimate of drug-likeness (QED) is 0.796. The van der Waals surface area contributed by atoms with Crippen molar-refractivity contribution < 1.29 is 0 Å². The molecule has 1 aliphatic carbocycles. The lowest BCUT2D eigenvalue weighted by molar-refractivity contribution is 0.302. The van der Waals surface area contributed by atoms with Gasteiger partial charge in [-0.3, -0.25) is 4.79 Å². The van der Waals surface area contributed by atoms with Crippen LogP contribution in [0.15, 0.2) is 47.4 Å². The van der Waals surface area contributed by atoms with Gasteiger partial charge in [-0.2, -0.15) is 10.2 Å². The van der Waals surface area contributed by atoms with Crippen LogP contribution in [-0.4, -0.2) is 26.0 Å². The molecule has 3 aromatic rings. The average Bonchev–Trinajstić information content (AvgIpc) is 2.65. The minimum absolute atomic E-state index is 0.0121. The van der Waals surface area contributed by atoms with Crippen LogP contribution in [0.25, 0.3) is 10.8 Å². The molecular weight excluding hydrogens is 314 g/mol. The molecule has 0 saturated heterocycles. The predicted octanol–water partition coefficient (Wildman–Crippen LogP) is 3.09. The summed E-state index contributed by atoms with van der Waals surface area (Å²) in [6.45, 7) is 1.92. The maximum Gasteiger partial charge on any atom is 0.267 e. The molecule has 0 unspecified atom stereocenters. The van der Waals surface area contributed by atoms with Crippen molar-refractivity contribution in [3.05, 3.63) is 58.6 Å². The van der Waals surface area contributed by atoms with E-state index in [2.05, 4.69) is 26.7 Å². The molecule has 6 heteroatoms. The highest BCUT2D eigenvalue weighted by Crippen LogP contribution is 2.30. The van der Waals surface area contributed by atoms with Crippen molar-refractivity contribution >= 4 is 16.6 Å². The Morgan fingerprint density at radius 1 is 1.08 bits per heavy atom. The second-order valence-electron chi connectivity index (χ2n) is 6.69. The van der Waals surface area contributed by atoms with Gasteiger partial charge < -0.3 is 5.32 Å². The molecule has 0 atom stereocenters. The molecule has 1 N–H and O–H groups in total. The van der Waals surface area contributed by atoms with Gasteiger partial charge in [-0.1, -0.05) is 24.3 Å². The molecule has 6 nitrogen and oxygen atoms in total. The van der Waals surface area contributed by atoms with Gasteiger partial charge in [0.1, 0.15) is 0 Å². The standard InChI is InChI=1S/C19H21N5O/c1-13-6-11-18(25)24(23-13)16-9-7-15(8-10-16)21-19-17-5-3-2-4-14(17)12-20-22-19/h2-6,11-12,15-16H,7-10H2,1H3,(H,21,22). The smallest absolute Gasteiger partial charge is 0.267 e. The zero-order valence-electron chi connectivity index (χ0n) is 14.2. The van der Waals surface area contributed by atoms with Crippen molar-refractivity contribution in [1.29, 1.82) is 0 Å². The third-order valence-corrected chi connectivity index (χ3v) is 4.91. The van der Waals surface area contributed by atoms with Crippen LogP contribution < -0.4 is 10.9 Å². The van der Waals surface area contributed by atoms with Gasteiger partial charge in [-0.05, 0) is 38.7 Å². The molecule has 0 amide bonds. The first-order valence-electron chi connectivity index (χ1n) is 8.74. The highest BCUT2D eigenvalue weighted by Gasteiger charge is 2.24. The summed E-state index contributed by atoms with van der Waals surface area (Å²) < 4.78 is 1.66. The summed E-state index contributed by atoms with van der Waals surface area (Å²) in [6.07, 6.45) is 5.63. The van der Waals surface area contributed by atoms with Crippen LogP contribution in [0.3, 0.4) is 0 Å². The zero-order chi connectivity index (χ0) is 17.2. The Labute approximate surface area is 145 Å². The Morgan fingerprint density at radius 2 is 1.88 bits per heavy atom. The highest BCUT2D eigenvalue weighted by atomic mass is 16.1. The number of aryl methyl sites for hydroxylation is 1. The van der Waals surface area contributed by atoms with Crippen LogP contribution in [0.1, 0.15) is 37.4 Å². The van der Waals surface area contributed by atoms with E-state index in [9.17, 15) is 4.79 Å². The molecule has 2 aromatic heterocycles. The first kappa shape index (κ1) is 15.7. The van der Waals surface area contributed by atoms with Gasteiger partial charge in [0.25, 0.3) is 5.56 Å². The van der Waals surface area contributed by atoms with Crippen LogP contribution in [0, 0.1) is 6.92 Å². The number of benzene rings is 1. The molecule has 0 radical (unpaired) electrons. The van der Waals surface area contributed by atoms with Crippen molar-refractivity contribution in [3.8, 4) is 0 Å². The number of aromatic nitrogens is 4. The monoisotopic (exact) mass is 335 g/mol. The van der Waals surface area contributed by atoms with Crippen LogP contribution >= 0.6 is 0 Å². The van der Waals surface area contributed by atoms with Crippen molar-refractivity contribution in [3.63, 3.8) is 0 Å². The number of anilines is 1. The van der Waals surface area contributed by atoms with E-state index in [0.29, 0.717) is 6.04 Å². The molecule has 1 saturated carbocycles. The van der Waals surface area contributed by atoms with Gasteiger partial charge in [-0.15, -0.1) is 5.10 Å². The lowest BCUT2D eigenvalue weighted by atomic mass is 9.91. The van der Waals surface area contributed by atoms with Gasteiger partial charge in [0.15, 0.2) is 5.82 Å². The van der Waals surface area contributed by atoms with E-state index in [1.165, 1.54) is 0 Å². The molecular formula is C19H21N5O. The molecule has 0 spiro atoms. The van der Waals surface area contributed by atoms with Gasteiger partial charge in [0.2, 0.25) is 0 Å². The lowest BCUT2D eigenvalue weighted by Crippen LogP contribution is -2.33. The fourth-order valence-corrected chi connectivity index (χ4v) is 3.58. The van der Waals surface area contributed by atoms with Crippen LogP contribution in [0.4, 0.5) is 5.82 Å². The van der Waals surface area contributed by atoms with E-state index < -0.39 is 0 Å². The summed E-state index contributed by atoms with van der Waals surface area (Å²) in [7, 11) is 0. The van der Waals surface area contributed by atoms with Crippen molar-refractivity contribution in [2.24, 2.45) is 0 Å². The molecule has 1 aliphatic rings. The molecule has 25 heavy (non-hydrogen) atoms. The van der Waals surface area contributed by atoms with E-state index >= 15 is 0 Å². The molecule has 1 aromatic carbocycles. The predicted molar refractivity (Wildman–Crippen MR) is 97.7 cm³/mol. The Bertz CT molecular complexity index is 938. The second kappa shape index (κ2) is 6.63. The van der Waals surface area contributed by atoms with Crippen molar-refractivity contribution in [1.82, 2.24) is 20.0 Å². The van der Waals surface area contributed by atoms with Gasteiger partial charge in [0.05, 0.1) is 17.9 Å². The largest absolute Gasteiger partial charge is 0.365 e. The van der Waals surface area contributed by atoms with E-state index in [1.54, 1.807) is 23.0 Å². The fourth-order valence-electron chi connectivity index (χ4n) is 3.58. The third kappa shape index (κ3) is 3.24. The first-order valence-corrected chi connectivity index (χ1v) is 8.74. The van der Waals surface area contributed by atoms with Crippen LogP contribution in [-0.2, 0) is 0 Å². The topological polar surface area (TPSA) is 72.7 Å². The van der Waals surface area contributed by atoms with E-state index in [1.807, 2.05) is 25.1 Å². The maximum atomic E-state index is 12.1. The number of nitrogens with zero attached hydrogens (tertiary/aromatic N) is 4. The van der Waals surface area contributed by atoms with E-state index in [4.69, 9.17) is 0 Å². The van der Waals surface area contributed by atoms with Crippen molar-refractivity contribution in [2.75, 3.05) is 5.32 Å². The Kier molecular flexibility index (Phi) is 4.17. The molecule has 4 rings (SSSR count). The number of hydrogen-bond acceptors (Lipinski definition) is 5. The normalized spacial score (nSPS) is 20.5. The molecule has 1 fully saturated rings. The first-order chi connectivity index (χ1) is 12.2. The minimum atomic E-state index is -0.0121. The van der Waals surface area contributed by atoms with Crippen LogP contribution in [0.5, 0.6) is 0 Å². The number of rotatable bonds is 3. The summed E-state index contributed by atoms with van der Waals surface area (Å²) in [5, 5.41) is 18.5. The SMILES string of the molecule is Cc1ccc(=O)n(C2CCC(Nc3nncc4ccccc34)CC2)n1. The third-order valence-electron chi connectivity index (χ3n) is 4.91. The summed E-state index contributed by atoms with van der Waals surface area (Å²) >= 11 is 0. The molecule has 0 bridgehead atoms. The lowest BCUT2D eigenvalue weighted by Gasteiger charge is -2.30. The maximum absolute atomic E-state index is 12.1. The minimum Gasteiger partial charge on any atom is -0.365 e. The molecule has 0 aliphatic heterocycles. The summed E-state index contributed by atoms with van der Waals surface area (Å²) in [5.41, 5.74) is 0.868. The van der Waals surface area contributed by atoms with Crippen LogP contribution in [0.2, 0.25) is 0 Å². The highest BCUT2D eigenvalue weighted by molar-refractivity contribution is 5.90. The molecule has 128 valence electrons. The number of fused-ring (bicyclic) bond motifs is 1. The summed E-state index contributed by atoms with van der Waals surface area (Å²) in [4.78, 5) is 12.1. The number of hydrogen-bond donors (Lipinski definition) is 1. The van der Waals surface area contributed by atoms with Gasteiger partial charge in [0, 0.05) is 22.9 Å². The Morgan fingerprint density at radius 3 is 2.72 bits per heavy atom. The van der Waals surface area contributed by atoms with Gasteiger partial charge >= 0.3 is 0 Å². The summed E-state index contributed by atoms with van der Waals surface area (Å²) in [6, 6.07) is 12.0. The zero-order valence-corrected chi connectivity index (χ0v) is 14.2. The fraction of sp³-hybridized carbons (Fsp3) is 0.368. The van der Waals surface area contributed by atoms with Crippen molar-refractivity contribution in [2.45, 2.75) is 44.7 Å². The number of nitrogens with one attached hydrogen (secondary N) is 1. The Balaban J connectivity index is 1.47. The van der Waals surface area contributed by atoms with Gasteiger partial charge in [-0.25, -0.2) is 4.68 Å². The molecule has 2 heterocycles. The second-order valence-corrected chi connectivity index (χ2v) is 6.69. The average molecular weight is 335 g/mol. The Hall–Kier alpha value is -2.76. The summed E-state index contributed by atoms with van der Waals surface area (Å²) in [5.74, 6) is 0.840. The van der Waals surface area contributed by atoms with E-state index in [-0.39, 0.29) is 11.6 Å². The van der Waals surface area contributed by atoms with E-state index in [0.717, 1.165) is 48.0 Å².